The number of aromatic nitrogens is 1. The number of rotatable bonds is 5. The number of benzene rings is 1. The number of carbonyl (C=O) groups is 2. The summed E-state index contributed by atoms with van der Waals surface area (Å²) >= 11 is 0. The monoisotopic (exact) mass is 396 g/mol. The summed E-state index contributed by atoms with van der Waals surface area (Å²) in [7, 11) is 0. The van der Waals surface area contributed by atoms with Crippen molar-refractivity contribution in [2.45, 2.75) is 40.7 Å². The fraction of sp³-hybridized carbons (Fsp3) is 0.478. The van der Waals surface area contributed by atoms with Crippen molar-refractivity contribution in [2.24, 2.45) is 0 Å². The van der Waals surface area contributed by atoms with E-state index >= 15 is 0 Å². The van der Waals surface area contributed by atoms with Crippen LogP contribution in [-0.4, -0.2) is 64.9 Å². The van der Waals surface area contributed by atoms with E-state index in [1.54, 1.807) is 0 Å². The number of nitrogens with one attached hydrogen (secondary N) is 1. The van der Waals surface area contributed by atoms with Crippen LogP contribution in [0.5, 0.6) is 0 Å². The van der Waals surface area contributed by atoms with Crippen LogP contribution in [0.2, 0.25) is 0 Å². The van der Waals surface area contributed by atoms with Gasteiger partial charge >= 0.3 is 0 Å². The molecule has 3 rings (SSSR count). The normalized spacial score (nSPS) is 15.0. The lowest BCUT2D eigenvalue weighted by Gasteiger charge is -2.34. The Bertz CT molecular complexity index is 892. The van der Waals surface area contributed by atoms with Crippen LogP contribution in [0.1, 0.15) is 41.2 Å². The Morgan fingerprint density at radius 3 is 2.31 bits per heavy atom. The quantitative estimate of drug-likeness (QED) is 0.845. The van der Waals surface area contributed by atoms with Gasteiger partial charge in [0.2, 0.25) is 5.91 Å². The maximum absolute atomic E-state index is 13.2. The number of aryl methyl sites for hydroxylation is 2. The lowest BCUT2D eigenvalue weighted by molar-refractivity contribution is -0.123. The summed E-state index contributed by atoms with van der Waals surface area (Å²) in [4.78, 5) is 29.2. The fourth-order valence-corrected chi connectivity index (χ4v) is 4.01. The van der Waals surface area contributed by atoms with Crippen LogP contribution in [-0.2, 0) is 4.79 Å². The molecule has 2 amide bonds. The fourth-order valence-electron chi connectivity index (χ4n) is 4.01. The molecule has 6 nitrogen and oxygen atoms in total. The summed E-state index contributed by atoms with van der Waals surface area (Å²) in [5, 5.41) is 2.92. The molecule has 1 aromatic carbocycles. The molecule has 1 aliphatic rings. The minimum absolute atomic E-state index is 0.0431. The highest BCUT2D eigenvalue weighted by atomic mass is 16.2. The van der Waals surface area contributed by atoms with Crippen LogP contribution in [0.15, 0.2) is 30.3 Å². The van der Waals surface area contributed by atoms with E-state index in [-0.39, 0.29) is 17.9 Å². The molecule has 1 saturated heterocycles. The Hall–Kier alpha value is -2.60. The molecule has 0 radical (unpaired) electrons. The van der Waals surface area contributed by atoms with Crippen LogP contribution in [0, 0.1) is 20.8 Å². The highest BCUT2D eigenvalue weighted by Crippen LogP contribution is 2.24. The van der Waals surface area contributed by atoms with Crippen LogP contribution < -0.4 is 5.32 Å². The second kappa shape index (κ2) is 8.82. The SMILES string of the molecule is Cc1ccccc1-n1c(C)cc(C(=O)N2CCN(CC(=O)NC(C)C)CC2)c1C. The van der Waals surface area contributed by atoms with Crippen LogP contribution >= 0.6 is 0 Å². The minimum Gasteiger partial charge on any atom is -0.353 e. The van der Waals surface area contributed by atoms with E-state index in [1.807, 2.05) is 50.8 Å². The van der Waals surface area contributed by atoms with E-state index < -0.39 is 0 Å². The van der Waals surface area contributed by atoms with E-state index in [0.717, 1.165) is 22.6 Å². The summed E-state index contributed by atoms with van der Waals surface area (Å²) < 4.78 is 2.16. The number of carbonyl (C=O) groups excluding carboxylic acids is 2. The number of piperazine rings is 1. The van der Waals surface area contributed by atoms with E-state index in [4.69, 9.17) is 0 Å². The zero-order chi connectivity index (χ0) is 21.1. The van der Waals surface area contributed by atoms with Gasteiger partial charge in [-0.05, 0) is 52.3 Å². The van der Waals surface area contributed by atoms with Gasteiger partial charge in [-0.3, -0.25) is 14.5 Å². The molecule has 6 heteroatoms. The molecule has 1 N–H and O–H groups in total. The Balaban J connectivity index is 1.69. The number of hydrogen-bond donors (Lipinski definition) is 1. The van der Waals surface area contributed by atoms with Gasteiger partial charge < -0.3 is 14.8 Å². The number of para-hydroxylation sites is 1. The Morgan fingerprint density at radius 2 is 1.69 bits per heavy atom. The zero-order valence-electron chi connectivity index (χ0n) is 18.2. The maximum Gasteiger partial charge on any atom is 0.255 e. The average Bonchev–Trinajstić information content (AvgIpc) is 2.96. The third-order valence-corrected chi connectivity index (χ3v) is 5.49. The zero-order valence-corrected chi connectivity index (χ0v) is 18.2. The molecule has 0 spiro atoms. The van der Waals surface area contributed by atoms with E-state index in [2.05, 4.69) is 33.8 Å². The van der Waals surface area contributed by atoms with Crippen molar-refractivity contribution in [1.82, 2.24) is 19.7 Å². The standard InChI is InChI=1S/C23H32N4O2/c1-16(2)24-22(28)15-25-10-12-26(13-11-25)23(29)20-14-18(4)27(19(20)5)21-9-7-6-8-17(21)3/h6-9,14,16H,10-13,15H2,1-5H3,(H,24,28). The molecule has 0 atom stereocenters. The van der Waals surface area contributed by atoms with Gasteiger partial charge in [0, 0.05) is 49.3 Å². The molecular formula is C23H32N4O2. The topological polar surface area (TPSA) is 57.6 Å². The first kappa shape index (κ1) is 21.1. The molecule has 1 aliphatic heterocycles. The first-order chi connectivity index (χ1) is 13.8. The second-order valence-corrected chi connectivity index (χ2v) is 8.20. The van der Waals surface area contributed by atoms with Crippen molar-refractivity contribution >= 4 is 11.8 Å². The molecule has 1 aromatic heterocycles. The van der Waals surface area contributed by atoms with Crippen molar-refractivity contribution in [1.29, 1.82) is 0 Å². The van der Waals surface area contributed by atoms with Crippen molar-refractivity contribution in [3.8, 4) is 5.69 Å². The number of nitrogens with zero attached hydrogens (tertiary/aromatic N) is 3. The molecule has 0 aliphatic carbocycles. The Kier molecular flexibility index (Phi) is 6.42. The smallest absolute Gasteiger partial charge is 0.255 e. The van der Waals surface area contributed by atoms with E-state index in [9.17, 15) is 9.59 Å². The molecule has 29 heavy (non-hydrogen) atoms. The molecule has 2 heterocycles. The third-order valence-electron chi connectivity index (χ3n) is 5.49. The molecule has 156 valence electrons. The molecule has 1 fully saturated rings. The van der Waals surface area contributed by atoms with Crippen molar-refractivity contribution in [3.63, 3.8) is 0 Å². The van der Waals surface area contributed by atoms with Gasteiger partial charge in [0.15, 0.2) is 0 Å². The minimum atomic E-state index is 0.0431. The summed E-state index contributed by atoms with van der Waals surface area (Å²) in [6, 6.07) is 10.4. The van der Waals surface area contributed by atoms with Gasteiger partial charge in [0.25, 0.3) is 5.91 Å². The first-order valence-electron chi connectivity index (χ1n) is 10.3. The van der Waals surface area contributed by atoms with Gasteiger partial charge in [-0.1, -0.05) is 18.2 Å². The molecule has 0 bridgehead atoms. The number of hydrogen-bond acceptors (Lipinski definition) is 3. The molecule has 0 saturated carbocycles. The lowest BCUT2D eigenvalue weighted by Crippen LogP contribution is -2.51. The summed E-state index contributed by atoms with van der Waals surface area (Å²) in [5.41, 5.74) is 5.09. The maximum atomic E-state index is 13.2. The van der Waals surface area contributed by atoms with Crippen LogP contribution in [0.25, 0.3) is 5.69 Å². The van der Waals surface area contributed by atoms with Crippen molar-refractivity contribution < 1.29 is 9.59 Å². The number of amides is 2. The van der Waals surface area contributed by atoms with E-state index in [1.165, 1.54) is 5.56 Å². The Morgan fingerprint density at radius 1 is 1.03 bits per heavy atom. The van der Waals surface area contributed by atoms with E-state index in [0.29, 0.717) is 32.7 Å². The highest BCUT2D eigenvalue weighted by Gasteiger charge is 2.26. The van der Waals surface area contributed by atoms with Crippen LogP contribution in [0.3, 0.4) is 0 Å². The molecule has 2 aromatic rings. The second-order valence-electron chi connectivity index (χ2n) is 8.20. The Labute approximate surface area is 173 Å². The summed E-state index contributed by atoms with van der Waals surface area (Å²) in [5.74, 6) is 0.116. The lowest BCUT2D eigenvalue weighted by atomic mass is 10.1. The largest absolute Gasteiger partial charge is 0.353 e. The van der Waals surface area contributed by atoms with Gasteiger partial charge in [-0.25, -0.2) is 0 Å². The average molecular weight is 397 g/mol. The van der Waals surface area contributed by atoms with Gasteiger partial charge in [0.1, 0.15) is 0 Å². The van der Waals surface area contributed by atoms with Gasteiger partial charge in [0.05, 0.1) is 12.1 Å². The summed E-state index contributed by atoms with van der Waals surface area (Å²) in [6.07, 6.45) is 0. The third kappa shape index (κ3) is 4.70. The van der Waals surface area contributed by atoms with Gasteiger partial charge in [-0.2, -0.15) is 0 Å². The highest BCUT2D eigenvalue weighted by molar-refractivity contribution is 5.96. The molecular weight excluding hydrogens is 364 g/mol. The predicted octanol–water partition coefficient (Wildman–Crippen LogP) is 2.68. The van der Waals surface area contributed by atoms with Crippen molar-refractivity contribution in [2.75, 3.05) is 32.7 Å². The first-order valence-corrected chi connectivity index (χ1v) is 10.3. The molecule has 0 unspecified atom stereocenters. The van der Waals surface area contributed by atoms with Crippen molar-refractivity contribution in [3.05, 3.63) is 52.8 Å². The van der Waals surface area contributed by atoms with Crippen LogP contribution in [0.4, 0.5) is 0 Å². The summed E-state index contributed by atoms with van der Waals surface area (Å²) in [6.45, 7) is 13.2. The predicted molar refractivity (Wildman–Crippen MR) is 116 cm³/mol. The van der Waals surface area contributed by atoms with Gasteiger partial charge in [-0.15, -0.1) is 0 Å².